The van der Waals surface area contributed by atoms with Crippen LogP contribution in [0.4, 0.5) is 24.1 Å². The molecule has 2 aliphatic rings. The Morgan fingerprint density at radius 2 is 1.85 bits per heavy atom. The number of rotatable bonds is 4. The van der Waals surface area contributed by atoms with E-state index in [1.165, 1.54) is 11.1 Å². The van der Waals surface area contributed by atoms with Crippen molar-refractivity contribution in [1.82, 2.24) is 19.0 Å². The van der Waals surface area contributed by atoms with Gasteiger partial charge in [-0.3, -0.25) is 0 Å². The zero-order valence-corrected chi connectivity index (χ0v) is 19.3. The molecule has 1 saturated carbocycles. The first-order valence-corrected chi connectivity index (χ1v) is 12.1. The van der Waals surface area contributed by atoms with Crippen LogP contribution in [-0.4, -0.2) is 38.1 Å². The minimum absolute atomic E-state index is 0.277. The number of nitrogens with one attached hydrogen (secondary N) is 1. The van der Waals surface area contributed by atoms with Crippen molar-refractivity contribution in [3.05, 3.63) is 59.9 Å². The Kier molecular flexibility index (Phi) is 5.02. The molecule has 1 N–H and O–H groups in total. The molecule has 6 nitrogen and oxygen atoms in total. The van der Waals surface area contributed by atoms with Gasteiger partial charge in [-0.1, -0.05) is 12.1 Å². The van der Waals surface area contributed by atoms with Gasteiger partial charge in [0, 0.05) is 30.9 Å². The van der Waals surface area contributed by atoms with E-state index in [1.54, 1.807) is 40.4 Å². The molecule has 1 aliphatic heterocycles. The van der Waals surface area contributed by atoms with Crippen LogP contribution in [-0.2, 0) is 6.18 Å². The Morgan fingerprint density at radius 1 is 1.06 bits per heavy atom. The minimum Gasteiger partial charge on any atom is -0.361 e. The number of aromatic nitrogens is 4. The molecule has 176 valence electrons. The number of piperidine rings is 1. The predicted molar refractivity (Wildman–Crippen MR) is 126 cm³/mol. The maximum Gasteiger partial charge on any atom is 0.416 e. The molecule has 2 fully saturated rings. The molecule has 34 heavy (non-hydrogen) atoms. The molecule has 3 aromatic heterocycles. The molecule has 4 aromatic rings. The highest BCUT2D eigenvalue weighted by Gasteiger charge is 2.43. The van der Waals surface area contributed by atoms with Gasteiger partial charge in [-0.15, -0.1) is 5.10 Å². The monoisotopic (exact) mass is 484 g/mol. The van der Waals surface area contributed by atoms with Crippen molar-refractivity contribution in [3.63, 3.8) is 0 Å². The van der Waals surface area contributed by atoms with Crippen LogP contribution in [0.25, 0.3) is 16.8 Å². The van der Waals surface area contributed by atoms with E-state index in [2.05, 4.69) is 25.8 Å². The Balaban J connectivity index is 1.26. The molecule has 4 heterocycles. The summed E-state index contributed by atoms with van der Waals surface area (Å²) in [5.74, 6) is 1.48. The van der Waals surface area contributed by atoms with Gasteiger partial charge in [-0.25, -0.2) is 4.52 Å². The van der Waals surface area contributed by atoms with Crippen molar-refractivity contribution in [1.29, 1.82) is 0 Å². The maximum atomic E-state index is 13.2. The fourth-order valence-corrected chi connectivity index (χ4v) is 6.12. The molecule has 2 bridgehead atoms. The van der Waals surface area contributed by atoms with Gasteiger partial charge in [0.15, 0.2) is 5.65 Å². The summed E-state index contributed by atoms with van der Waals surface area (Å²) in [6, 6.07) is 11.3. The highest BCUT2D eigenvalue weighted by atomic mass is 32.1. The van der Waals surface area contributed by atoms with Gasteiger partial charge >= 0.3 is 6.18 Å². The number of alkyl halides is 3. The lowest BCUT2D eigenvalue weighted by Gasteiger charge is -2.38. The molecule has 1 aromatic carbocycles. The van der Waals surface area contributed by atoms with Crippen LogP contribution in [0, 0.1) is 18.8 Å². The van der Waals surface area contributed by atoms with Gasteiger partial charge in [0.1, 0.15) is 5.00 Å². The summed E-state index contributed by atoms with van der Waals surface area (Å²) in [6.07, 6.45) is -0.319. The van der Waals surface area contributed by atoms with Crippen LogP contribution in [0.1, 0.15) is 24.1 Å². The van der Waals surface area contributed by atoms with Gasteiger partial charge in [-0.05, 0) is 79.0 Å². The SMILES string of the molecule is Cc1cc(N2CC3CCC(C2)C3Nc2nc3c(-c4cccc(C(F)(F)F)c4)cccn3n2)sn1. The molecular formula is C24H23F3N6S. The van der Waals surface area contributed by atoms with Gasteiger partial charge in [0.05, 0.1) is 11.3 Å². The summed E-state index contributed by atoms with van der Waals surface area (Å²) < 4.78 is 45.7. The fourth-order valence-electron chi connectivity index (χ4n) is 5.34. The van der Waals surface area contributed by atoms with E-state index in [9.17, 15) is 13.2 Å². The van der Waals surface area contributed by atoms with Crippen LogP contribution in [0.15, 0.2) is 48.7 Å². The van der Waals surface area contributed by atoms with Gasteiger partial charge in [-0.2, -0.15) is 22.5 Å². The lowest BCUT2D eigenvalue weighted by Crippen LogP contribution is -2.48. The van der Waals surface area contributed by atoms with E-state index in [-0.39, 0.29) is 6.04 Å². The Bertz CT molecular complexity index is 1330. The normalized spacial score (nSPS) is 22.5. The van der Waals surface area contributed by atoms with Crippen LogP contribution in [0.5, 0.6) is 0 Å². The molecule has 6 rings (SSSR count). The molecular weight excluding hydrogens is 461 g/mol. The minimum atomic E-state index is -4.40. The Morgan fingerprint density at radius 3 is 2.56 bits per heavy atom. The number of hydrogen-bond acceptors (Lipinski definition) is 6. The van der Waals surface area contributed by atoms with Crippen molar-refractivity contribution in [2.45, 2.75) is 32.0 Å². The average molecular weight is 485 g/mol. The van der Waals surface area contributed by atoms with E-state index < -0.39 is 11.7 Å². The summed E-state index contributed by atoms with van der Waals surface area (Å²) in [6.45, 7) is 3.96. The quantitative estimate of drug-likeness (QED) is 0.414. The van der Waals surface area contributed by atoms with Crippen LogP contribution < -0.4 is 10.2 Å². The van der Waals surface area contributed by atoms with Gasteiger partial charge < -0.3 is 10.2 Å². The summed E-state index contributed by atoms with van der Waals surface area (Å²) in [5.41, 5.74) is 2.00. The van der Waals surface area contributed by atoms with Crippen molar-refractivity contribution in [2.75, 3.05) is 23.3 Å². The highest BCUT2D eigenvalue weighted by Crippen LogP contribution is 2.41. The predicted octanol–water partition coefficient (Wildman–Crippen LogP) is 5.51. The molecule has 0 radical (unpaired) electrons. The van der Waals surface area contributed by atoms with E-state index in [0.717, 1.165) is 43.8 Å². The number of nitrogens with zero attached hydrogens (tertiary/aromatic N) is 5. The van der Waals surface area contributed by atoms with Crippen LogP contribution in [0.2, 0.25) is 0 Å². The lowest BCUT2D eigenvalue weighted by molar-refractivity contribution is -0.137. The summed E-state index contributed by atoms with van der Waals surface area (Å²) >= 11 is 1.56. The smallest absolute Gasteiger partial charge is 0.361 e. The third-order valence-corrected chi connectivity index (χ3v) is 7.86. The second-order valence-corrected chi connectivity index (χ2v) is 9.97. The zero-order valence-electron chi connectivity index (χ0n) is 18.5. The number of benzene rings is 1. The molecule has 2 atom stereocenters. The summed E-state index contributed by atoms with van der Waals surface area (Å²) in [4.78, 5) is 7.13. The van der Waals surface area contributed by atoms with Crippen molar-refractivity contribution in [2.24, 2.45) is 11.8 Å². The topological polar surface area (TPSA) is 58.4 Å². The van der Waals surface area contributed by atoms with Gasteiger partial charge in [0.25, 0.3) is 0 Å². The number of pyridine rings is 1. The molecule has 0 amide bonds. The standard InChI is InChI=1S/C24H23F3N6S/c1-14-10-20(34-31-14)32-12-16-7-8-17(13-32)21(16)28-23-29-22-19(6-3-9-33(22)30-23)15-4-2-5-18(11-15)24(25,26)27/h2-6,9-11,16-17,21H,7-8,12-13H2,1H3,(H,28,30). The maximum absolute atomic E-state index is 13.2. The first-order valence-electron chi connectivity index (χ1n) is 11.3. The average Bonchev–Trinajstić information content (AvgIpc) is 3.48. The second-order valence-electron chi connectivity index (χ2n) is 9.18. The third kappa shape index (κ3) is 3.79. The van der Waals surface area contributed by atoms with E-state index >= 15 is 0 Å². The largest absolute Gasteiger partial charge is 0.416 e. The Labute approximate surface area is 198 Å². The molecule has 2 unspecified atom stereocenters. The fraction of sp³-hybridized carbons (Fsp3) is 0.375. The Hall–Kier alpha value is -3.14. The molecule has 1 aliphatic carbocycles. The number of halogens is 3. The van der Waals surface area contributed by atoms with Crippen molar-refractivity contribution >= 4 is 28.1 Å². The zero-order chi connectivity index (χ0) is 23.4. The van der Waals surface area contributed by atoms with Crippen LogP contribution in [0.3, 0.4) is 0 Å². The van der Waals surface area contributed by atoms with Gasteiger partial charge in [0.2, 0.25) is 5.95 Å². The number of fused-ring (bicyclic) bond motifs is 3. The van der Waals surface area contributed by atoms with Crippen molar-refractivity contribution < 1.29 is 13.2 Å². The van der Waals surface area contributed by atoms with E-state index in [1.807, 2.05) is 6.92 Å². The third-order valence-electron chi connectivity index (χ3n) is 6.92. The number of hydrogen-bond donors (Lipinski definition) is 1. The first kappa shape index (κ1) is 21.4. The van der Waals surface area contributed by atoms with E-state index in [4.69, 9.17) is 4.98 Å². The van der Waals surface area contributed by atoms with E-state index in [0.29, 0.717) is 34.6 Å². The molecule has 1 saturated heterocycles. The summed E-state index contributed by atoms with van der Waals surface area (Å²) in [5, 5.41) is 9.38. The lowest BCUT2D eigenvalue weighted by atomic mass is 9.92. The second kappa shape index (κ2) is 7.97. The van der Waals surface area contributed by atoms with Crippen molar-refractivity contribution in [3.8, 4) is 11.1 Å². The highest BCUT2D eigenvalue weighted by molar-refractivity contribution is 7.10. The number of anilines is 2. The molecule has 0 spiro atoms. The molecule has 10 heteroatoms. The number of aryl methyl sites for hydroxylation is 1. The first-order chi connectivity index (χ1) is 16.3. The summed E-state index contributed by atoms with van der Waals surface area (Å²) in [7, 11) is 0. The van der Waals surface area contributed by atoms with Crippen LogP contribution >= 0.6 is 11.5 Å².